The molecular formula is C24H35N5O2. The highest BCUT2D eigenvalue weighted by Crippen LogP contribution is 2.26. The number of urea groups is 1. The molecule has 2 heterocycles. The maximum absolute atomic E-state index is 12.5. The Kier molecular flexibility index (Phi) is 6.80. The van der Waals surface area contributed by atoms with Gasteiger partial charge in [0.1, 0.15) is 6.54 Å². The van der Waals surface area contributed by atoms with Gasteiger partial charge in [-0.2, -0.15) is 0 Å². The number of amides is 3. The molecule has 1 aliphatic carbocycles. The van der Waals surface area contributed by atoms with Crippen LogP contribution in [0.15, 0.2) is 30.5 Å². The van der Waals surface area contributed by atoms with E-state index in [-0.39, 0.29) is 18.0 Å². The Morgan fingerprint density at radius 1 is 1.06 bits per heavy atom. The summed E-state index contributed by atoms with van der Waals surface area (Å²) in [5.41, 5.74) is 1.75. The largest absolute Gasteiger partial charge is 0.347 e. The highest BCUT2D eigenvalue weighted by atomic mass is 16.2. The molecule has 1 aromatic heterocycles. The molecule has 1 aliphatic heterocycles. The van der Waals surface area contributed by atoms with Crippen molar-refractivity contribution < 1.29 is 9.59 Å². The normalized spacial score (nSPS) is 18.4. The van der Waals surface area contributed by atoms with Gasteiger partial charge in [0.25, 0.3) is 0 Å². The SMILES string of the molecule is CN(C)C(=O)Cn1ccc2cc(NC(=O)NC3CCN(CC4CCCC4)CC3)ccc21. The van der Waals surface area contributed by atoms with E-state index in [1.54, 1.807) is 19.0 Å². The molecule has 3 amide bonds. The number of nitrogens with one attached hydrogen (secondary N) is 2. The number of nitrogens with zero attached hydrogens (tertiary/aromatic N) is 3. The molecule has 0 bridgehead atoms. The minimum atomic E-state index is -0.143. The molecule has 2 N–H and O–H groups in total. The Hall–Kier alpha value is -2.54. The molecule has 31 heavy (non-hydrogen) atoms. The third kappa shape index (κ3) is 5.58. The third-order valence-electron chi connectivity index (χ3n) is 6.75. The number of carbonyl (C=O) groups excluding carboxylic acids is 2. The molecule has 2 aliphatic rings. The number of likely N-dealkylation sites (N-methyl/N-ethyl adjacent to an activating group) is 1. The molecule has 0 unspecified atom stereocenters. The van der Waals surface area contributed by atoms with E-state index >= 15 is 0 Å². The van der Waals surface area contributed by atoms with Crippen LogP contribution >= 0.6 is 0 Å². The van der Waals surface area contributed by atoms with Crippen molar-refractivity contribution in [2.24, 2.45) is 5.92 Å². The zero-order chi connectivity index (χ0) is 21.8. The van der Waals surface area contributed by atoms with Gasteiger partial charge in [-0.1, -0.05) is 12.8 Å². The lowest BCUT2D eigenvalue weighted by Crippen LogP contribution is -2.46. The van der Waals surface area contributed by atoms with Gasteiger partial charge in [0.05, 0.1) is 0 Å². The van der Waals surface area contributed by atoms with Gasteiger partial charge in [-0.05, 0) is 55.9 Å². The molecule has 7 nitrogen and oxygen atoms in total. The van der Waals surface area contributed by atoms with Gasteiger partial charge in [-0.25, -0.2) is 4.79 Å². The van der Waals surface area contributed by atoms with Crippen molar-refractivity contribution in [1.82, 2.24) is 19.7 Å². The number of hydrogen-bond acceptors (Lipinski definition) is 3. The number of benzene rings is 1. The first kappa shape index (κ1) is 21.7. The fourth-order valence-corrected chi connectivity index (χ4v) is 4.87. The summed E-state index contributed by atoms with van der Waals surface area (Å²) in [5, 5.41) is 7.12. The van der Waals surface area contributed by atoms with Gasteiger partial charge in [0, 0.05) is 62.6 Å². The van der Waals surface area contributed by atoms with E-state index < -0.39 is 0 Å². The standard InChI is InChI=1S/C24H35N5O2/c1-27(2)23(30)17-29-14-9-19-15-21(7-8-22(19)29)26-24(31)25-20-10-12-28(13-11-20)16-18-5-3-4-6-18/h7-9,14-15,18,20H,3-6,10-13,16-17H2,1-2H3,(H2,25,26,31). The summed E-state index contributed by atoms with van der Waals surface area (Å²) < 4.78 is 1.93. The molecule has 2 fully saturated rings. The van der Waals surface area contributed by atoms with Gasteiger partial charge in [0.15, 0.2) is 0 Å². The molecule has 7 heteroatoms. The predicted molar refractivity (Wildman–Crippen MR) is 124 cm³/mol. The second-order valence-corrected chi connectivity index (χ2v) is 9.33. The van der Waals surface area contributed by atoms with Gasteiger partial charge < -0.3 is 25.0 Å². The van der Waals surface area contributed by atoms with E-state index in [4.69, 9.17) is 0 Å². The van der Waals surface area contributed by atoms with E-state index in [2.05, 4.69) is 15.5 Å². The smallest absolute Gasteiger partial charge is 0.319 e. The number of hydrogen-bond donors (Lipinski definition) is 2. The first-order valence-electron chi connectivity index (χ1n) is 11.6. The van der Waals surface area contributed by atoms with Crippen molar-refractivity contribution in [3.05, 3.63) is 30.5 Å². The lowest BCUT2D eigenvalue weighted by atomic mass is 10.0. The topological polar surface area (TPSA) is 69.6 Å². The summed E-state index contributed by atoms with van der Waals surface area (Å²) in [6.45, 7) is 3.70. The zero-order valence-corrected chi connectivity index (χ0v) is 18.8. The first-order valence-corrected chi connectivity index (χ1v) is 11.6. The molecule has 1 aromatic carbocycles. The number of carbonyl (C=O) groups is 2. The maximum atomic E-state index is 12.5. The molecule has 1 saturated carbocycles. The van der Waals surface area contributed by atoms with Crippen molar-refractivity contribution in [1.29, 1.82) is 0 Å². The summed E-state index contributed by atoms with van der Waals surface area (Å²) in [5.74, 6) is 0.937. The molecule has 0 radical (unpaired) electrons. The van der Waals surface area contributed by atoms with Crippen LogP contribution in [0.5, 0.6) is 0 Å². The van der Waals surface area contributed by atoms with Crippen molar-refractivity contribution in [3.63, 3.8) is 0 Å². The Balaban J connectivity index is 1.26. The molecule has 0 atom stereocenters. The summed E-state index contributed by atoms with van der Waals surface area (Å²) in [4.78, 5) is 28.7. The minimum absolute atomic E-state index is 0.0494. The highest BCUT2D eigenvalue weighted by molar-refractivity contribution is 5.93. The molecule has 1 saturated heterocycles. The average Bonchev–Trinajstić information content (AvgIpc) is 3.39. The summed E-state index contributed by atoms with van der Waals surface area (Å²) in [7, 11) is 3.52. The van der Waals surface area contributed by atoms with Gasteiger partial charge in [-0.3, -0.25) is 4.79 Å². The minimum Gasteiger partial charge on any atom is -0.347 e. The molecule has 2 aromatic rings. The van der Waals surface area contributed by atoms with Crippen LogP contribution < -0.4 is 10.6 Å². The lowest BCUT2D eigenvalue weighted by Gasteiger charge is -2.33. The number of rotatable bonds is 6. The number of anilines is 1. The van der Waals surface area contributed by atoms with Crippen molar-refractivity contribution in [2.75, 3.05) is 39.0 Å². The first-order chi connectivity index (χ1) is 15.0. The monoisotopic (exact) mass is 425 g/mol. The van der Waals surface area contributed by atoms with Crippen LogP contribution in [0.1, 0.15) is 38.5 Å². The van der Waals surface area contributed by atoms with E-state index in [1.165, 1.54) is 32.2 Å². The maximum Gasteiger partial charge on any atom is 0.319 e. The second kappa shape index (κ2) is 9.73. The quantitative estimate of drug-likeness (QED) is 0.744. The van der Waals surface area contributed by atoms with E-state index in [0.717, 1.165) is 48.4 Å². The predicted octanol–water partition coefficient (Wildman–Crippen LogP) is 3.51. The van der Waals surface area contributed by atoms with Crippen molar-refractivity contribution >= 4 is 28.5 Å². The van der Waals surface area contributed by atoms with Crippen LogP contribution in [0.25, 0.3) is 10.9 Å². The number of likely N-dealkylation sites (tertiary alicyclic amines) is 1. The molecule has 0 spiro atoms. The zero-order valence-electron chi connectivity index (χ0n) is 18.8. The summed E-state index contributed by atoms with van der Waals surface area (Å²) >= 11 is 0. The van der Waals surface area contributed by atoms with E-state index in [1.807, 2.05) is 35.0 Å². The number of piperidine rings is 1. The van der Waals surface area contributed by atoms with E-state index in [0.29, 0.717) is 6.54 Å². The fourth-order valence-electron chi connectivity index (χ4n) is 4.87. The van der Waals surface area contributed by atoms with E-state index in [9.17, 15) is 9.59 Å². The summed E-state index contributed by atoms with van der Waals surface area (Å²) in [6, 6.07) is 7.87. The molecule has 168 valence electrons. The van der Waals surface area contributed by atoms with Crippen LogP contribution in [-0.2, 0) is 11.3 Å². The Morgan fingerprint density at radius 3 is 2.52 bits per heavy atom. The lowest BCUT2D eigenvalue weighted by molar-refractivity contribution is -0.129. The second-order valence-electron chi connectivity index (χ2n) is 9.33. The number of aromatic nitrogens is 1. The Labute approximate surface area is 184 Å². The van der Waals surface area contributed by atoms with Crippen LogP contribution in [0.3, 0.4) is 0 Å². The van der Waals surface area contributed by atoms with Crippen molar-refractivity contribution in [2.45, 2.75) is 51.1 Å². The van der Waals surface area contributed by atoms with Gasteiger partial charge in [-0.15, -0.1) is 0 Å². The third-order valence-corrected chi connectivity index (χ3v) is 6.75. The van der Waals surface area contributed by atoms with Gasteiger partial charge >= 0.3 is 6.03 Å². The van der Waals surface area contributed by atoms with Gasteiger partial charge in [0.2, 0.25) is 5.91 Å². The van der Waals surface area contributed by atoms with Crippen LogP contribution in [-0.4, -0.2) is 66.1 Å². The highest BCUT2D eigenvalue weighted by Gasteiger charge is 2.24. The Bertz CT molecular complexity index is 908. The molecule has 4 rings (SSSR count). The number of fused-ring (bicyclic) bond motifs is 1. The fraction of sp³-hybridized carbons (Fsp3) is 0.583. The summed E-state index contributed by atoms with van der Waals surface area (Å²) in [6.07, 6.45) is 9.51. The average molecular weight is 426 g/mol. The van der Waals surface area contributed by atoms with Crippen LogP contribution in [0.4, 0.5) is 10.5 Å². The Morgan fingerprint density at radius 2 is 1.81 bits per heavy atom. The molecular weight excluding hydrogens is 390 g/mol. The van der Waals surface area contributed by atoms with Crippen LogP contribution in [0, 0.1) is 5.92 Å². The van der Waals surface area contributed by atoms with Crippen LogP contribution in [0.2, 0.25) is 0 Å². The van der Waals surface area contributed by atoms with Crippen molar-refractivity contribution in [3.8, 4) is 0 Å².